The van der Waals surface area contributed by atoms with Gasteiger partial charge in [0.15, 0.2) is 0 Å². The molecule has 2 aromatic carbocycles. The minimum Gasteiger partial charge on any atom is -0.355 e. The Morgan fingerprint density at radius 2 is 1.67 bits per heavy atom. The van der Waals surface area contributed by atoms with Crippen molar-refractivity contribution in [2.45, 2.75) is 18.2 Å². The average Bonchev–Trinajstić information content (AvgIpc) is 2.47. The highest BCUT2D eigenvalue weighted by Crippen LogP contribution is 2.10. The van der Waals surface area contributed by atoms with Gasteiger partial charge in [0.1, 0.15) is 0 Å². The number of carbonyl (C=O) groups excluding carboxylic acids is 1. The highest BCUT2D eigenvalue weighted by molar-refractivity contribution is 7.89. The number of hydrogen-bond acceptors (Lipinski definition) is 4. The molecule has 110 valence electrons. The third-order valence-corrected chi connectivity index (χ3v) is 3.98. The summed E-state index contributed by atoms with van der Waals surface area (Å²) in [5.74, 6) is -0.670. The van der Waals surface area contributed by atoms with E-state index in [4.69, 9.17) is 0 Å². The summed E-state index contributed by atoms with van der Waals surface area (Å²) in [5, 5.41) is 0. The Bertz CT molecular complexity index is 709. The second-order valence-corrected chi connectivity index (χ2v) is 6.18. The SMILES string of the molecule is Cc1ccc(S(=O)(=O)NOC(=O)Cc2ccccc2)cc1. The molecule has 0 saturated heterocycles. The lowest BCUT2D eigenvalue weighted by atomic mass is 10.2. The first-order chi connectivity index (χ1) is 9.97. The lowest BCUT2D eigenvalue weighted by Crippen LogP contribution is -2.28. The fraction of sp³-hybridized carbons (Fsp3) is 0.133. The van der Waals surface area contributed by atoms with Crippen LogP contribution in [0.4, 0.5) is 0 Å². The van der Waals surface area contributed by atoms with Gasteiger partial charge in [-0.15, -0.1) is 0 Å². The minimum atomic E-state index is -3.86. The van der Waals surface area contributed by atoms with E-state index < -0.39 is 16.0 Å². The van der Waals surface area contributed by atoms with E-state index in [2.05, 4.69) is 4.84 Å². The van der Waals surface area contributed by atoms with Crippen LogP contribution in [0.3, 0.4) is 0 Å². The lowest BCUT2D eigenvalue weighted by molar-refractivity contribution is -0.146. The van der Waals surface area contributed by atoms with Crippen LogP contribution in [0, 0.1) is 6.92 Å². The maximum absolute atomic E-state index is 11.9. The topological polar surface area (TPSA) is 72.5 Å². The van der Waals surface area contributed by atoms with Crippen LogP contribution in [-0.2, 0) is 26.1 Å². The van der Waals surface area contributed by atoms with Crippen LogP contribution in [0.15, 0.2) is 59.5 Å². The van der Waals surface area contributed by atoms with E-state index in [9.17, 15) is 13.2 Å². The molecule has 0 radical (unpaired) electrons. The second-order valence-electron chi connectivity index (χ2n) is 4.54. The molecule has 21 heavy (non-hydrogen) atoms. The molecule has 0 unspecified atom stereocenters. The summed E-state index contributed by atoms with van der Waals surface area (Å²) >= 11 is 0. The predicted octanol–water partition coefficient (Wildman–Crippen LogP) is 1.97. The predicted molar refractivity (Wildman–Crippen MR) is 77.7 cm³/mol. The highest BCUT2D eigenvalue weighted by Gasteiger charge is 2.16. The first-order valence-electron chi connectivity index (χ1n) is 6.29. The van der Waals surface area contributed by atoms with E-state index in [-0.39, 0.29) is 11.3 Å². The van der Waals surface area contributed by atoms with Gasteiger partial charge in [0.25, 0.3) is 10.0 Å². The van der Waals surface area contributed by atoms with Crippen LogP contribution < -0.4 is 4.89 Å². The molecule has 0 atom stereocenters. The van der Waals surface area contributed by atoms with Gasteiger partial charge < -0.3 is 4.84 Å². The minimum absolute atomic E-state index is 0.00272. The number of aryl methyl sites for hydroxylation is 1. The summed E-state index contributed by atoms with van der Waals surface area (Å²) in [6, 6.07) is 15.2. The van der Waals surface area contributed by atoms with Crippen molar-refractivity contribution in [2.75, 3.05) is 0 Å². The van der Waals surface area contributed by atoms with Crippen molar-refractivity contribution >= 4 is 16.0 Å². The van der Waals surface area contributed by atoms with Gasteiger partial charge in [-0.2, -0.15) is 0 Å². The summed E-state index contributed by atoms with van der Waals surface area (Å²) in [7, 11) is -3.86. The smallest absolute Gasteiger partial charge is 0.330 e. The molecule has 0 bridgehead atoms. The van der Waals surface area contributed by atoms with Crippen LogP contribution in [0.5, 0.6) is 0 Å². The van der Waals surface area contributed by atoms with Crippen molar-refractivity contribution in [3.05, 3.63) is 65.7 Å². The Kier molecular flexibility index (Phi) is 4.72. The molecule has 0 aliphatic heterocycles. The van der Waals surface area contributed by atoms with Crippen LogP contribution in [0.2, 0.25) is 0 Å². The molecular formula is C15H15NO4S. The summed E-state index contributed by atoms with van der Waals surface area (Å²) in [5.41, 5.74) is 1.69. The fourth-order valence-corrected chi connectivity index (χ4v) is 2.46. The molecule has 6 heteroatoms. The Hall–Kier alpha value is -2.18. The first kappa shape index (κ1) is 15.2. The zero-order valence-corrected chi connectivity index (χ0v) is 12.3. The summed E-state index contributed by atoms with van der Waals surface area (Å²) < 4.78 is 23.8. The number of rotatable bonds is 5. The first-order valence-corrected chi connectivity index (χ1v) is 7.78. The quantitative estimate of drug-likeness (QED) is 0.857. The van der Waals surface area contributed by atoms with Crippen molar-refractivity contribution in [1.82, 2.24) is 4.89 Å². The third kappa shape index (κ3) is 4.40. The molecule has 0 aliphatic rings. The monoisotopic (exact) mass is 305 g/mol. The standard InChI is InChI=1S/C15H15NO4S/c1-12-7-9-14(10-8-12)21(18,19)16-20-15(17)11-13-5-3-2-4-6-13/h2-10,16H,11H2,1H3. The van der Waals surface area contributed by atoms with Crippen LogP contribution in [0.1, 0.15) is 11.1 Å². The Labute approximate surface area is 123 Å². The van der Waals surface area contributed by atoms with Crippen LogP contribution >= 0.6 is 0 Å². The number of benzene rings is 2. The van der Waals surface area contributed by atoms with Gasteiger partial charge in [0.05, 0.1) is 11.3 Å². The summed E-state index contributed by atoms with van der Waals surface area (Å²) in [6.07, 6.45) is -0.00272. The fourth-order valence-electron chi connectivity index (χ4n) is 1.67. The molecule has 0 fully saturated rings. The Morgan fingerprint density at radius 3 is 2.29 bits per heavy atom. The van der Waals surface area contributed by atoms with Crippen molar-refractivity contribution in [1.29, 1.82) is 0 Å². The van der Waals surface area contributed by atoms with Gasteiger partial charge in [0, 0.05) is 0 Å². The number of nitrogens with one attached hydrogen (secondary N) is 1. The maximum Gasteiger partial charge on any atom is 0.330 e. The van der Waals surface area contributed by atoms with Crippen LogP contribution in [-0.4, -0.2) is 14.4 Å². The van der Waals surface area contributed by atoms with E-state index in [0.29, 0.717) is 0 Å². The number of hydrogen-bond donors (Lipinski definition) is 1. The molecule has 5 nitrogen and oxygen atoms in total. The largest absolute Gasteiger partial charge is 0.355 e. The van der Waals surface area contributed by atoms with Crippen molar-refractivity contribution in [3.8, 4) is 0 Å². The maximum atomic E-state index is 11.9. The zero-order valence-electron chi connectivity index (χ0n) is 11.4. The molecule has 0 amide bonds. The Morgan fingerprint density at radius 1 is 1.05 bits per heavy atom. The molecule has 2 rings (SSSR count). The zero-order chi connectivity index (χ0) is 15.3. The van der Waals surface area contributed by atoms with E-state index in [1.165, 1.54) is 12.1 Å². The molecule has 1 N–H and O–H groups in total. The van der Waals surface area contributed by atoms with E-state index in [0.717, 1.165) is 11.1 Å². The van der Waals surface area contributed by atoms with Gasteiger partial charge >= 0.3 is 5.97 Å². The molecule has 0 aliphatic carbocycles. The molecule has 0 spiro atoms. The van der Waals surface area contributed by atoms with E-state index in [1.807, 2.05) is 17.9 Å². The van der Waals surface area contributed by atoms with Crippen LogP contribution in [0.25, 0.3) is 0 Å². The average molecular weight is 305 g/mol. The summed E-state index contributed by atoms with van der Waals surface area (Å²) in [6.45, 7) is 1.85. The molecular weight excluding hydrogens is 290 g/mol. The summed E-state index contributed by atoms with van der Waals surface area (Å²) in [4.78, 5) is 18.1. The lowest BCUT2D eigenvalue weighted by Gasteiger charge is -2.07. The molecule has 0 aromatic heterocycles. The second kappa shape index (κ2) is 6.51. The van der Waals surface area contributed by atoms with Crippen molar-refractivity contribution in [2.24, 2.45) is 0 Å². The van der Waals surface area contributed by atoms with E-state index in [1.54, 1.807) is 36.4 Å². The third-order valence-electron chi connectivity index (χ3n) is 2.79. The number of carbonyl (C=O) groups is 1. The van der Waals surface area contributed by atoms with Gasteiger partial charge in [-0.3, -0.25) is 0 Å². The van der Waals surface area contributed by atoms with Gasteiger partial charge in [0.2, 0.25) is 0 Å². The van der Waals surface area contributed by atoms with Crippen molar-refractivity contribution < 1.29 is 18.0 Å². The molecule has 0 heterocycles. The van der Waals surface area contributed by atoms with Gasteiger partial charge in [-0.25, -0.2) is 13.2 Å². The highest BCUT2D eigenvalue weighted by atomic mass is 32.2. The van der Waals surface area contributed by atoms with Gasteiger partial charge in [-0.1, -0.05) is 48.0 Å². The Balaban J connectivity index is 1.95. The molecule has 0 saturated carbocycles. The van der Waals surface area contributed by atoms with Crippen molar-refractivity contribution in [3.63, 3.8) is 0 Å². The van der Waals surface area contributed by atoms with Gasteiger partial charge in [-0.05, 0) is 29.5 Å². The number of sulfonamides is 1. The normalized spacial score (nSPS) is 11.1. The molecule has 2 aromatic rings. The van der Waals surface area contributed by atoms with E-state index >= 15 is 0 Å².